The summed E-state index contributed by atoms with van der Waals surface area (Å²) in [4.78, 5) is 14.8. The highest BCUT2D eigenvalue weighted by molar-refractivity contribution is 6.07. The molecule has 0 radical (unpaired) electrons. The lowest BCUT2D eigenvalue weighted by Gasteiger charge is -2.27. The monoisotopic (exact) mass is 264 g/mol. The Kier molecular flexibility index (Phi) is 2.22. The van der Waals surface area contributed by atoms with Crippen molar-refractivity contribution < 1.29 is 4.79 Å². The number of carbonyl (C=O) groups excluding carboxylic acids is 1. The molecule has 2 aliphatic heterocycles. The third-order valence-electron chi connectivity index (χ3n) is 4.36. The standard InChI is InChI=1S/C17H16N2O/c1-17-11-13(12-7-3-2-4-8-12)16(20)19(17)15-10-6-5-9-14(15)18-17/h2-10,13,18H,11H2,1H3/t13-,17+/m0/s1. The SMILES string of the molecule is C[C@]12C[C@@H](c3ccccc3)C(=O)N1c1ccccc1N2. The number of fused-ring (bicyclic) bond motifs is 3. The summed E-state index contributed by atoms with van der Waals surface area (Å²) >= 11 is 0. The molecule has 0 unspecified atom stereocenters. The summed E-state index contributed by atoms with van der Waals surface area (Å²) in [5.74, 6) is 0.137. The third kappa shape index (κ3) is 1.43. The van der Waals surface area contributed by atoms with Gasteiger partial charge in [0.25, 0.3) is 0 Å². The van der Waals surface area contributed by atoms with Crippen LogP contribution < -0.4 is 10.2 Å². The molecule has 0 bridgehead atoms. The zero-order chi connectivity index (χ0) is 13.7. The van der Waals surface area contributed by atoms with Crippen LogP contribution in [0.2, 0.25) is 0 Å². The van der Waals surface area contributed by atoms with E-state index in [1.165, 1.54) is 0 Å². The van der Waals surface area contributed by atoms with Crippen molar-refractivity contribution in [2.24, 2.45) is 0 Å². The number of benzene rings is 2. The summed E-state index contributed by atoms with van der Waals surface area (Å²) in [6, 6.07) is 18.1. The van der Waals surface area contributed by atoms with Crippen molar-refractivity contribution in [2.45, 2.75) is 24.9 Å². The number of anilines is 2. The van der Waals surface area contributed by atoms with Gasteiger partial charge in [-0.1, -0.05) is 42.5 Å². The molecule has 2 aromatic carbocycles. The van der Waals surface area contributed by atoms with Crippen molar-refractivity contribution in [1.82, 2.24) is 0 Å². The molecule has 3 heteroatoms. The fraction of sp³-hybridized carbons (Fsp3) is 0.235. The highest BCUT2D eigenvalue weighted by atomic mass is 16.2. The van der Waals surface area contributed by atoms with Crippen molar-refractivity contribution in [2.75, 3.05) is 10.2 Å². The van der Waals surface area contributed by atoms with E-state index in [2.05, 4.69) is 12.2 Å². The molecular formula is C17H16N2O. The first-order chi connectivity index (χ1) is 9.69. The summed E-state index contributed by atoms with van der Waals surface area (Å²) in [6.07, 6.45) is 0.796. The Balaban J connectivity index is 1.78. The van der Waals surface area contributed by atoms with Gasteiger partial charge in [-0.15, -0.1) is 0 Å². The highest BCUT2D eigenvalue weighted by Crippen LogP contribution is 2.50. The van der Waals surface area contributed by atoms with Gasteiger partial charge in [0, 0.05) is 6.42 Å². The summed E-state index contributed by atoms with van der Waals surface area (Å²) in [5, 5.41) is 3.51. The molecule has 100 valence electrons. The Morgan fingerprint density at radius 3 is 2.60 bits per heavy atom. The molecule has 2 aromatic rings. The van der Waals surface area contributed by atoms with Crippen LogP contribution in [0.4, 0.5) is 11.4 Å². The maximum atomic E-state index is 12.8. The van der Waals surface area contributed by atoms with Crippen LogP contribution in [0.25, 0.3) is 0 Å². The summed E-state index contributed by atoms with van der Waals surface area (Å²) < 4.78 is 0. The van der Waals surface area contributed by atoms with Crippen molar-refractivity contribution in [3.05, 3.63) is 60.2 Å². The molecule has 1 saturated heterocycles. The summed E-state index contributed by atoms with van der Waals surface area (Å²) in [7, 11) is 0. The maximum Gasteiger partial charge on any atom is 0.236 e. The fourth-order valence-corrected chi connectivity index (χ4v) is 3.48. The van der Waals surface area contributed by atoms with E-state index >= 15 is 0 Å². The van der Waals surface area contributed by atoms with Gasteiger partial charge in [-0.2, -0.15) is 0 Å². The second kappa shape index (κ2) is 3.85. The van der Waals surface area contributed by atoms with E-state index < -0.39 is 0 Å². The molecule has 1 fully saturated rings. The van der Waals surface area contributed by atoms with E-state index in [4.69, 9.17) is 0 Å². The van der Waals surface area contributed by atoms with Gasteiger partial charge in [-0.3, -0.25) is 9.69 Å². The molecular weight excluding hydrogens is 248 g/mol. The van der Waals surface area contributed by atoms with Crippen LogP contribution >= 0.6 is 0 Å². The summed E-state index contributed by atoms with van der Waals surface area (Å²) in [5.41, 5.74) is 2.85. The second-order valence-corrected chi connectivity index (χ2v) is 5.76. The van der Waals surface area contributed by atoms with Crippen LogP contribution in [-0.2, 0) is 4.79 Å². The molecule has 2 heterocycles. The number of hydrogen-bond donors (Lipinski definition) is 1. The number of para-hydroxylation sites is 2. The largest absolute Gasteiger partial charge is 0.361 e. The van der Waals surface area contributed by atoms with Crippen molar-refractivity contribution >= 4 is 17.3 Å². The second-order valence-electron chi connectivity index (χ2n) is 5.76. The van der Waals surface area contributed by atoms with Crippen molar-refractivity contribution in [3.8, 4) is 0 Å². The first kappa shape index (κ1) is 11.5. The first-order valence-electron chi connectivity index (χ1n) is 6.95. The number of nitrogens with zero attached hydrogens (tertiary/aromatic N) is 1. The zero-order valence-electron chi connectivity index (χ0n) is 11.3. The van der Waals surface area contributed by atoms with E-state index in [1.54, 1.807) is 0 Å². The fourth-order valence-electron chi connectivity index (χ4n) is 3.48. The summed E-state index contributed by atoms with van der Waals surface area (Å²) in [6.45, 7) is 2.10. The molecule has 1 N–H and O–H groups in total. The molecule has 0 spiro atoms. The van der Waals surface area contributed by atoms with Crippen LogP contribution in [-0.4, -0.2) is 11.6 Å². The Labute approximate surface area is 118 Å². The Hall–Kier alpha value is -2.29. The predicted octanol–water partition coefficient (Wildman–Crippen LogP) is 3.35. The van der Waals surface area contributed by atoms with E-state index in [-0.39, 0.29) is 17.5 Å². The number of nitrogens with one attached hydrogen (secondary N) is 1. The number of carbonyl (C=O) groups is 1. The molecule has 1 amide bonds. The molecule has 20 heavy (non-hydrogen) atoms. The van der Waals surface area contributed by atoms with Gasteiger partial charge >= 0.3 is 0 Å². The van der Waals surface area contributed by atoms with Crippen LogP contribution in [0.3, 0.4) is 0 Å². The molecule has 3 nitrogen and oxygen atoms in total. The van der Waals surface area contributed by atoms with Crippen molar-refractivity contribution in [1.29, 1.82) is 0 Å². The van der Waals surface area contributed by atoms with Gasteiger partial charge in [-0.05, 0) is 24.6 Å². The average Bonchev–Trinajstić information content (AvgIpc) is 2.90. The van der Waals surface area contributed by atoms with Gasteiger partial charge in [0.05, 0.1) is 17.3 Å². The predicted molar refractivity (Wildman–Crippen MR) is 79.8 cm³/mol. The van der Waals surface area contributed by atoms with Crippen molar-refractivity contribution in [3.63, 3.8) is 0 Å². The Bertz CT molecular complexity index is 682. The van der Waals surface area contributed by atoms with Gasteiger partial charge in [-0.25, -0.2) is 0 Å². The molecule has 0 saturated carbocycles. The third-order valence-corrected chi connectivity index (χ3v) is 4.36. The molecule has 2 aliphatic rings. The Morgan fingerprint density at radius 2 is 1.80 bits per heavy atom. The minimum atomic E-state index is -0.304. The number of amides is 1. The van der Waals surface area contributed by atoms with Gasteiger partial charge < -0.3 is 5.32 Å². The maximum absolute atomic E-state index is 12.8. The lowest BCUT2D eigenvalue weighted by atomic mass is 9.94. The zero-order valence-corrected chi connectivity index (χ0v) is 11.3. The van der Waals surface area contributed by atoms with Crippen LogP contribution in [0.1, 0.15) is 24.8 Å². The molecule has 0 aromatic heterocycles. The van der Waals surface area contributed by atoms with E-state index in [0.717, 1.165) is 23.4 Å². The van der Waals surface area contributed by atoms with Crippen LogP contribution in [0, 0.1) is 0 Å². The first-order valence-corrected chi connectivity index (χ1v) is 6.95. The van der Waals surface area contributed by atoms with Crippen LogP contribution in [0.5, 0.6) is 0 Å². The Morgan fingerprint density at radius 1 is 1.10 bits per heavy atom. The minimum absolute atomic E-state index is 0.0537. The van der Waals surface area contributed by atoms with E-state index in [9.17, 15) is 4.79 Å². The van der Waals surface area contributed by atoms with E-state index in [1.807, 2.05) is 59.5 Å². The molecule has 4 rings (SSSR count). The molecule has 0 aliphatic carbocycles. The minimum Gasteiger partial charge on any atom is -0.361 e. The topological polar surface area (TPSA) is 32.3 Å². The quantitative estimate of drug-likeness (QED) is 0.856. The number of rotatable bonds is 1. The van der Waals surface area contributed by atoms with Gasteiger partial charge in [0.1, 0.15) is 5.66 Å². The lowest BCUT2D eigenvalue weighted by molar-refractivity contribution is -0.118. The van der Waals surface area contributed by atoms with Gasteiger partial charge in [0.15, 0.2) is 0 Å². The molecule has 2 atom stereocenters. The van der Waals surface area contributed by atoms with Gasteiger partial charge in [0.2, 0.25) is 5.91 Å². The number of hydrogen-bond acceptors (Lipinski definition) is 2. The highest BCUT2D eigenvalue weighted by Gasteiger charge is 2.53. The smallest absolute Gasteiger partial charge is 0.236 e. The van der Waals surface area contributed by atoms with E-state index in [0.29, 0.717) is 0 Å². The van der Waals surface area contributed by atoms with Crippen LogP contribution in [0.15, 0.2) is 54.6 Å². The average molecular weight is 264 g/mol. The lowest BCUT2D eigenvalue weighted by Crippen LogP contribution is -2.44. The normalized spacial score (nSPS) is 27.1.